The summed E-state index contributed by atoms with van der Waals surface area (Å²) in [4.78, 5) is 4.12. The zero-order valence-corrected chi connectivity index (χ0v) is 11.0. The molecule has 0 aliphatic carbocycles. The fourth-order valence-corrected chi connectivity index (χ4v) is 3.99. The molecule has 2 heterocycles. The van der Waals surface area contributed by atoms with Crippen LogP contribution in [-0.2, 0) is 16.4 Å². The van der Waals surface area contributed by atoms with Crippen LogP contribution in [0.5, 0.6) is 0 Å². The van der Waals surface area contributed by atoms with Gasteiger partial charge in [0, 0.05) is 30.9 Å². The van der Waals surface area contributed by atoms with Crippen LogP contribution in [0.1, 0.15) is 18.5 Å². The van der Waals surface area contributed by atoms with Crippen LogP contribution in [0.2, 0.25) is 0 Å². The van der Waals surface area contributed by atoms with E-state index < -0.39 is 10.0 Å². The lowest BCUT2D eigenvalue weighted by molar-refractivity contribution is 0.213. The van der Waals surface area contributed by atoms with Crippen LogP contribution in [-0.4, -0.2) is 47.8 Å². The minimum atomic E-state index is -3.29. The summed E-state index contributed by atoms with van der Waals surface area (Å²) in [5.74, 6) is 0.0561. The van der Waals surface area contributed by atoms with Gasteiger partial charge in [0.25, 0.3) is 0 Å². The molecule has 100 valence electrons. The number of pyridine rings is 1. The second-order valence-electron chi connectivity index (χ2n) is 4.48. The van der Waals surface area contributed by atoms with Gasteiger partial charge in [-0.15, -0.1) is 0 Å². The van der Waals surface area contributed by atoms with Gasteiger partial charge >= 0.3 is 0 Å². The molecule has 1 aliphatic rings. The Labute approximate surface area is 108 Å². The van der Waals surface area contributed by atoms with Crippen molar-refractivity contribution in [2.24, 2.45) is 0 Å². The zero-order chi connectivity index (χ0) is 13.0. The highest BCUT2D eigenvalue weighted by Gasteiger charge is 2.33. The van der Waals surface area contributed by atoms with E-state index in [0.29, 0.717) is 13.0 Å². The minimum Gasteiger partial charge on any atom is -0.395 e. The van der Waals surface area contributed by atoms with E-state index in [2.05, 4.69) is 4.98 Å². The van der Waals surface area contributed by atoms with Crippen molar-refractivity contribution < 1.29 is 13.5 Å². The van der Waals surface area contributed by atoms with Crippen LogP contribution in [0.3, 0.4) is 0 Å². The number of aliphatic hydroxyl groups excluding tert-OH is 1. The van der Waals surface area contributed by atoms with Crippen molar-refractivity contribution in [1.29, 1.82) is 0 Å². The Kier molecular flexibility index (Phi) is 4.31. The fourth-order valence-electron chi connectivity index (χ4n) is 2.25. The van der Waals surface area contributed by atoms with E-state index in [4.69, 9.17) is 5.11 Å². The number of aliphatic hydroxyl groups is 1. The number of sulfonamides is 1. The van der Waals surface area contributed by atoms with E-state index in [9.17, 15) is 8.42 Å². The van der Waals surface area contributed by atoms with Crippen LogP contribution in [0.4, 0.5) is 0 Å². The van der Waals surface area contributed by atoms with Crippen molar-refractivity contribution in [3.63, 3.8) is 0 Å². The molecule has 0 amide bonds. The average molecular weight is 270 g/mol. The molecule has 0 aromatic carbocycles. The van der Waals surface area contributed by atoms with Crippen LogP contribution in [0.15, 0.2) is 24.4 Å². The number of nitrogens with zero attached hydrogens (tertiary/aromatic N) is 2. The first kappa shape index (κ1) is 13.5. The molecular weight excluding hydrogens is 252 g/mol. The number of hydrogen-bond donors (Lipinski definition) is 1. The summed E-state index contributed by atoms with van der Waals surface area (Å²) in [5, 5.41) is 9.17. The Hall–Kier alpha value is -0.980. The van der Waals surface area contributed by atoms with Gasteiger partial charge < -0.3 is 5.11 Å². The van der Waals surface area contributed by atoms with Gasteiger partial charge in [0.15, 0.2) is 0 Å². The normalized spacial score (nSPS) is 21.3. The summed E-state index contributed by atoms with van der Waals surface area (Å²) < 4.78 is 25.8. The molecule has 18 heavy (non-hydrogen) atoms. The smallest absolute Gasteiger partial charge is 0.214 e. The standard InChI is InChI=1S/C12H18N2O3S/c15-10-12-5-3-8-14(12)18(16,17)9-6-11-4-1-2-7-13-11/h1-2,4,7,12,15H,3,5-6,8-10H2/t12-/m1/s1. The van der Waals surface area contributed by atoms with Crippen molar-refractivity contribution in [2.75, 3.05) is 18.9 Å². The van der Waals surface area contributed by atoms with E-state index in [1.807, 2.05) is 12.1 Å². The van der Waals surface area contributed by atoms with Crippen molar-refractivity contribution in [3.8, 4) is 0 Å². The maximum absolute atomic E-state index is 12.2. The first-order valence-corrected chi connectivity index (χ1v) is 7.74. The van der Waals surface area contributed by atoms with Gasteiger partial charge in [-0.25, -0.2) is 8.42 Å². The molecule has 0 saturated carbocycles. The summed E-state index contributed by atoms with van der Waals surface area (Å²) in [5.41, 5.74) is 0.779. The minimum absolute atomic E-state index is 0.0561. The summed E-state index contributed by atoms with van der Waals surface area (Å²) in [7, 11) is -3.29. The highest BCUT2D eigenvalue weighted by Crippen LogP contribution is 2.21. The van der Waals surface area contributed by atoms with Crippen molar-refractivity contribution in [2.45, 2.75) is 25.3 Å². The van der Waals surface area contributed by atoms with Gasteiger partial charge in [-0.2, -0.15) is 4.31 Å². The van der Waals surface area contributed by atoms with Gasteiger partial charge in [0.2, 0.25) is 10.0 Å². The van der Waals surface area contributed by atoms with Crippen molar-refractivity contribution in [3.05, 3.63) is 30.1 Å². The Morgan fingerprint density at radius 1 is 1.44 bits per heavy atom. The molecule has 1 aromatic heterocycles. The van der Waals surface area contributed by atoms with Crippen LogP contribution in [0.25, 0.3) is 0 Å². The van der Waals surface area contributed by atoms with Gasteiger partial charge in [-0.05, 0) is 25.0 Å². The second kappa shape index (κ2) is 5.77. The lowest BCUT2D eigenvalue weighted by Gasteiger charge is -2.22. The zero-order valence-electron chi connectivity index (χ0n) is 10.2. The predicted molar refractivity (Wildman–Crippen MR) is 68.5 cm³/mol. The number of aromatic nitrogens is 1. The van der Waals surface area contributed by atoms with Crippen LogP contribution in [0, 0.1) is 0 Å². The summed E-state index contributed by atoms with van der Waals surface area (Å²) >= 11 is 0. The molecule has 0 radical (unpaired) electrons. The molecule has 1 saturated heterocycles. The fraction of sp³-hybridized carbons (Fsp3) is 0.583. The summed E-state index contributed by atoms with van der Waals surface area (Å²) in [6.45, 7) is 0.429. The van der Waals surface area contributed by atoms with Gasteiger partial charge in [-0.3, -0.25) is 4.98 Å². The van der Waals surface area contributed by atoms with Crippen molar-refractivity contribution >= 4 is 10.0 Å². The third-order valence-electron chi connectivity index (χ3n) is 3.23. The molecule has 1 fully saturated rings. The quantitative estimate of drug-likeness (QED) is 0.841. The molecule has 1 aliphatic heterocycles. The molecule has 1 N–H and O–H groups in total. The number of hydrogen-bond acceptors (Lipinski definition) is 4. The first-order chi connectivity index (χ1) is 8.63. The molecule has 6 heteroatoms. The van der Waals surface area contributed by atoms with E-state index in [-0.39, 0.29) is 18.4 Å². The largest absolute Gasteiger partial charge is 0.395 e. The maximum atomic E-state index is 12.2. The Bertz CT molecular complexity index is 475. The third-order valence-corrected chi connectivity index (χ3v) is 5.15. The third kappa shape index (κ3) is 3.07. The monoisotopic (exact) mass is 270 g/mol. The van der Waals surface area contributed by atoms with Crippen LogP contribution >= 0.6 is 0 Å². The molecule has 1 atom stereocenters. The molecule has 5 nitrogen and oxygen atoms in total. The maximum Gasteiger partial charge on any atom is 0.214 e. The SMILES string of the molecule is O=S(=O)(CCc1ccccn1)N1CCC[C@@H]1CO. The molecule has 0 bridgehead atoms. The number of aryl methyl sites for hydroxylation is 1. The highest BCUT2D eigenvalue weighted by molar-refractivity contribution is 7.89. The van der Waals surface area contributed by atoms with E-state index in [0.717, 1.165) is 18.5 Å². The van der Waals surface area contributed by atoms with E-state index >= 15 is 0 Å². The Morgan fingerprint density at radius 2 is 2.28 bits per heavy atom. The van der Waals surface area contributed by atoms with Gasteiger partial charge in [0.1, 0.15) is 0 Å². The highest BCUT2D eigenvalue weighted by atomic mass is 32.2. The molecule has 2 rings (SSSR count). The molecule has 0 unspecified atom stereocenters. The first-order valence-electron chi connectivity index (χ1n) is 6.14. The predicted octanol–water partition coefficient (Wildman–Crippen LogP) is 0.411. The van der Waals surface area contributed by atoms with E-state index in [1.54, 1.807) is 12.3 Å². The Balaban J connectivity index is 1.99. The molecule has 1 aromatic rings. The lowest BCUT2D eigenvalue weighted by atomic mass is 10.2. The van der Waals surface area contributed by atoms with Crippen molar-refractivity contribution in [1.82, 2.24) is 9.29 Å². The molecule has 0 spiro atoms. The Morgan fingerprint density at radius 3 is 2.94 bits per heavy atom. The van der Waals surface area contributed by atoms with E-state index in [1.165, 1.54) is 4.31 Å². The average Bonchev–Trinajstić information content (AvgIpc) is 2.87. The second-order valence-corrected chi connectivity index (χ2v) is 6.52. The number of rotatable bonds is 5. The molecular formula is C12H18N2O3S. The van der Waals surface area contributed by atoms with Crippen LogP contribution < -0.4 is 0 Å². The lowest BCUT2D eigenvalue weighted by Crippen LogP contribution is -2.39. The van der Waals surface area contributed by atoms with Gasteiger partial charge in [0.05, 0.1) is 12.4 Å². The summed E-state index contributed by atoms with van der Waals surface area (Å²) in [6, 6.07) is 5.24. The summed E-state index contributed by atoms with van der Waals surface area (Å²) in [6.07, 6.45) is 3.65. The topological polar surface area (TPSA) is 70.5 Å². The van der Waals surface area contributed by atoms with Gasteiger partial charge in [-0.1, -0.05) is 6.07 Å².